The van der Waals surface area contributed by atoms with Crippen LogP contribution >= 0.6 is 0 Å². The molecular formula is C15H32O2. The predicted octanol–water partition coefficient (Wildman–Crippen LogP) is 3.75. The summed E-state index contributed by atoms with van der Waals surface area (Å²) in [5, 5.41) is 19.6. The molecule has 17 heavy (non-hydrogen) atoms. The maximum Gasteiger partial charge on any atom is 0.0540 e. The van der Waals surface area contributed by atoms with Crippen molar-refractivity contribution in [3.05, 3.63) is 0 Å². The molecule has 0 aromatic heterocycles. The first-order valence-corrected chi connectivity index (χ1v) is 7.38. The molecule has 0 heterocycles. The van der Waals surface area contributed by atoms with Gasteiger partial charge in [0.1, 0.15) is 0 Å². The Morgan fingerprint density at radius 2 is 1.12 bits per heavy atom. The van der Waals surface area contributed by atoms with Crippen LogP contribution in [0.3, 0.4) is 0 Å². The van der Waals surface area contributed by atoms with Crippen LogP contribution in [0.15, 0.2) is 0 Å². The van der Waals surface area contributed by atoms with Gasteiger partial charge in [-0.3, -0.25) is 0 Å². The van der Waals surface area contributed by atoms with Gasteiger partial charge in [-0.2, -0.15) is 0 Å². The van der Waals surface area contributed by atoms with Crippen LogP contribution in [0.25, 0.3) is 0 Å². The van der Waals surface area contributed by atoms with Crippen molar-refractivity contribution in [1.82, 2.24) is 0 Å². The monoisotopic (exact) mass is 244 g/mol. The lowest BCUT2D eigenvalue weighted by Gasteiger charge is -2.27. The van der Waals surface area contributed by atoms with Crippen molar-refractivity contribution < 1.29 is 10.2 Å². The van der Waals surface area contributed by atoms with Gasteiger partial charge in [-0.15, -0.1) is 0 Å². The van der Waals surface area contributed by atoms with E-state index in [4.69, 9.17) is 0 Å². The van der Waals surface area contributed by atoms with E-state index in [0.717, 1.165) is 19.3 Å². The Bertz CT molecular complexity index is 148. The van der Waals surface area contributed by atoms with Gasteiger partial charge in [-0.05, 0) is 44.9 Å². The van der Waals surface area contributed by atoms with Gasteiger partial charge in [0, 0.05) is 0 Å². The van der Waals surface area contributed by atoms with Crippen LogP contribution in [0.2, 0.25) is 0 Å². The lowest BCUT2D eigenvalue weighted by atomic mass is 9.82. The van der Waals surface area contributed by atoms with E-state index < -0.39 is 0 Å². The number of unbranched alkanes of at least 4 members (excludes halogenated alkanes) is 2. The second-order valence-electron chi connectivity index (χ2n) is 5.52. The fourth-order valence-electron chi connectivity index (χ4n) is 2.43. The van der Waals surface area contributed by atoms with Gasteiger partial charge in [0.25, 0.3) is 0 Å². The van der Waals surface area contributed by atoms with Gasteiger partial charge in [0.2, 0.25) is 0 Å². The number of rotatable bonds is 10. The molecular weight excluding hydrogens is 212 g/mol. The summed E-state index contributed by atoms with van der Waals surface area (Å²) in [6, 6.07) is 0. The minimum absolute atomic E-state index is 0.246. The Labute approximate surface area is 107 Å². The molecule has 0 aromatic rings. The number of hydrogen-bond donors (Lipinski definition) is 2. The van der Waals surface area contributed by atoms with Gasteiger partial charge in [-0.1, -0.05) is 39.5 Å². The molecule has 2 nitrogen and oxygen atoms in total. The fourth-order valence-corrected chi connectivity index (χ4v) is 2.43. The van der Waals surface area contributed by atoms with E-state index in [1.165, 1.54) is 25.7 Å². The number of aliphatic hydroxyl groups is 2. The molecule has 2 heteroatoms. The highest BCUT2D eigenvalue weighted by atomic mass is 16.3. The highest BCUT2D eigenvalue weighted by molar-refractivity contribution is 4.73. The van der Waals surface area contributed by atoms with Gasteiger partial charge in [0.15, 0.2) is 0 Å². The third-order valence-electron chi connectivity index (χ3n) is 3.83. The molecule has 2 N–H and O–H groups in total. The summed E-state index contributed by atoms with van der Waals surface area (Å²) in [4.78, 5) is 0. The molecule has 0 aliphatic heterocycles. The van der Waals surface area contributed by atoms with Crippen LogP contribution in [-0.2, 0) is 0 Å². The second-order valence-corrected chi connectivity index (χ2v) is 5.52. The molecule has 0 radical (unpaired) electrons. The summed E-state index contributed by atoms with van der Waals surface area (Å²) >= 11 is 0. The van der Waals surface area contributed by atoms with Crippen LogP contribution in [0.1, 0.15) is 72.6 Å². The number of aliphatic hydroxyl groups excluding tert-OH is 2. The summed E-state index contributed by atoms with van der Waals surface area (Å²) in [7, 11) is 0. The standard InChI is InChI=1S/C15H32O2/c1-5-7-9-14(12(3)16)11-15(13(4)17)10-8-6-2/h12-17H,5-11H2,1-4H3. The van der Waals surface area contributed by atoms with Crippen LogP contribution in [0, 0.1) is 11.8 Å². The van der Waals surface area contributed by atoms with Crippen molar-refractivity contribution in [3.63, 3.8) is 0 Å². The Morgan fingerprint density at radius 3 is 1.35 bits per heavy atom. The van der Waals surface area contributed by atoms with Crippen molar-refractivity contribution in [2.45, 2.75) is 84.8 Å². The van der Waals surface area contributed by atoms with Crippen molar-refractivity contribution in [3.8, 4) is 0 Å². The largest absolute Gasteiger partial charge is 0.393 e. The molecule has 0 bridgehead atoms. The van der Waals surface area contributed by atoms with E-state index in [0.29, 0.717) is 11.8 Å². The Balaban J connectivity index is 4.23. The smallest absolute Gasteiger partial charge is 0.0540 e. The molecule has 0 saturated carbocycles. The fraction of sp³-hybridized carbons (Fsp3) is 1.00. The lowest BCUT2D eigenvalue weighted by Crippen LogP contribution is -2.25. The summed E-state index contributed by atoms with van der Waals surface area (Å²) in [5.74, 6) is 0.706. The zero-order chi connectivity index (χ0) is 13.3. The molecule has 0 aliphatic carbocycles. The number of hydrogen-bond acceptors (Lipinski definition) is 2. The van der Waals surface area contributed by atoms with E-state index >= 15 is 0 Å². The van der Waals surface area contributed by atoms with E-state index in [-0.39, 0.29) is 12.2 Å². The molecule has 0 saturated heterocycles. The molecule has 0 aliphatic rings. The molecule has 4 atom stereocenters. The summed E-state index contributed by atoms with van der Waals surface area (Å²) in [6.07, 6.45) is 7.36. The second kappa shape index (κ2) is 9.90. The zero-order valence-electron chi connectivity index (χ0n) is 12.2. The molecule has 0 fully saturated rings. The zero-order valence-corrected chi connectivity index (χ0v) is 12.2. The first kappa shape index (κ1) is 16.9. The first-order chi connectivity index (χ1) is 8.02. The topological polar surface area (TPSA) is 40.5 Å². The molecule has 4 unspecified atom stereocenters. The van der Waals surface area contributed by atoms with E-state index in [9.17, 15) is 10.2 Å². The quantitative estimate of drug-likeness (QED) is 0.614. The molecule has 0 rings (SSSR count). The van der Waals surface area contributed by atoms with Gasteiger partial charge >= 0.3 is 0 Å². The minimum Gasteiger partial charge on any atom is -0.393 e. The normalized spacial score (nSPS) is 18.7. The third-order valence-corrected chi connectivity index (χ3v) is 3.83. The van der Waals surface area contributed by atoms with Crippen molar-refractivity contribution in [1.29, 1.82) is 0 Å². The van der Waals surface area contributed by atoms with Crippen molar-refractivity contribution in [2.24, 2.45) is 11.8 Å². The lowest BCUT2D eigenvalue weighted by molar-refractivity contribution is 0.0584. The molecule has 0 amide bonds. The summed E-state index contributed by atoms with van der Waals surface area (Å²) in [5.41, 5.74) is 0. The molecule has 0 spiro atoms. The summed E-state index contributed by atoms with van der Waals surface area (Å²) in [6.45, 7) is 8.14. The predicted molar refractivity (Wildman–Crippen MR) is 74.0 cm³/mol. The van der Waals surface area contributed by atoms with Crippen LogP contribution in [-0.4, -0.2) is 22.4 Å². The first-order valence-electron chi connectivity index (χ1n) is 7.38. The van der Waals surface area contributed by atoms with Gasteiger partial charge < -0.3 is 10.2 Å². The highest BCUT2D eigenvalue weighted by Crippen LogP contribution is 2.27. The van der Waals surface area contributed by atoms with E-state index in [1.54, 1.807) is 0 Å². The maximum atomic E-state index is 9.81. The summed E-state index contributed by atoms with van der Waals surface area (Å²) < 4.78 is 0. The molecule has 0 aromatic carbocycles. The highest BCUT2D eigenvalue weighted by Gasteiger charge is 2.22. The Hall–Kier alpha value is -0.0800. The third kappa shape index (κ3) is 7.77. The van der Waals surface area contributed by atoms with Crippen LogP contribution in [0.5, 0.6) is 0 Å². The van der Waals surface area contributed by atoms with Crippen molar-refractivity contribution in [2.75, 3.05) is 0 Å². The average molecular weight is 244 g/mol. The Morgan fingerprint density at radius 1 is 0.765 bits per heavy atom. The van der Waals surface area contributed by atoms with Gasteiger partial charge in [-0.25, -0.2) is 0 Å². The molecule has 104 valence electrons. The van der Waals surface area contributed by atoms with E-state index in [2.05, 4.69) is 13.8 Å². The van der Waals surface area contributed by atoms with Gasteiger partial charge in [0.05, 0.1) is 12.2 Å². The van der Waals surface area contributed by atoms with Crippen molar-refractivity contribution >= 4 is 0 Å². The van der Waals surface area contributed by atoms with E-state index in [1.807, 2.05) is 13.8 Å². The minimum atomic E-state index is -0.246. The SMILES string of the molecule is CCCCC(CC(CCCC)C(C)O)C(C)O. The van der Waals surface area contributed by atoms with Crippen LogP contribution in [0.4, 0.5) is 0 Å². The average Bonchev–Trinajstić information content (AvgIpc) is 2.27. The Kier molecular flexibility index (Phi) is 9.85. The van der Waals surface area contributed by atoms with Crippen LogP contribution < -0.4 is 0 Å². The maximum absolute atomic E-state index is 9.81.